The average molecular weight is 278 g/mol. The van der Waals surface area contributed by atoms with Crippen LogP contribution in [-0.2, 0) is 0 Å². The summed E-state index contributed by atoms with van der Waals surface area (Å²) in [5, 5.41) is 0. The van der Waals surface area contributed by atoms with Crippen molar-refractivity contribution >= 4 is 0 Å². The highest BCUT2D eigenvalue weighted by atomic mass is 15.2. The molecule has 0 rings (SSSR count). The molecule has 0 aromatic carbocycles. The molecule has 0 saturated carbocycles. The first-order valence-corrected chi connectivity index (χ1v) is 7.78. The van der Waals surface area contributed by atoms with E-state index in [1.165, 1.54) is 5.57 Å². The van der Waals surface area contributed by atoms with Gasteiger partial charge in [0.25, 0.3) is 0 Å². The summed E-state index contributed by atoms with van der Waals surface area (Å²) in [6, 6.07) is 1.24. The van der Waals surface area contributed by atoms with E-state index in [1.807, 2.05) is 12.2 Å². The molecule has 0 amide bonds. The number of nitrogens with zero attached hydrogens (tertiary/aromatic N) is 2. The van der Waals surface area contributed by atoms with Gasteiger partial charge in [-0.1, -0.05) is 36.5 Å². The Morgan fingerprint density at radius 2 is 1.65 bits per heavy atom. The minimum atomic E-state index is 0.620. The van der Waals surface area contributed by atoms with E-state index in [-0.39, 0.29) is 0 Å². The van der Waals surface area contributed by atoms with Crippen LogP contribution in [0.25, 0.3) is 0 Å². The molecule has 0 aliphatic carbocycles. The predicted molar refractivity (Wildman–Crippen MR) is 92.2 cm³/mol. The SMILES string of the molecule is C=C/C=C(C)\C=C/CCN(C)CCN(C(C)C)C(C)C. The summed E-state index contributed by atoms with van der Waals surface area (Å²) < 4.78 is 0. The van der Waals surface area contributed by atoms with Gasteiger partial charge < -0.3 is 4.90 Å². The minimum absolute atomic E-state index is 0.620. The fourth-order valence-electron chi connectivity index (χ4n) is 2.32. The third kappa shape index (κ3) is 9.11. The maximum Gasteiger partial charge on any atom is 0.0115 e. The molecule has 0 aliphatic heterocycles. The molecule has 0 bridgehead atoms. The van der Waals surface area contributed by atoms with Gasteiger partial charge in [0.2, 0.25) is 0 Å². The molecular formula is C18H34N2. The van der Waals surface area contributed by atoms with E-state index in [2.05, 4.69) is 70.2 Å². The van der Waals surface area contributed by atoms with Gasteiger partial charge in [0.1, 0.15) is 0 Å². The topological polar surface area (TPSA) is 6.48 Å². The molecule has 2 nitrogen and oxygen atoms in total. The predicted octanol–water partition coefficient (Wildman–Crippen LogP) is 4.12. The van der Waals surface area contributed by atoms with Crippen molar-refractivity contribution < 1.29 is 0 Å². The van der Waals surface area contributed by atoms with E-state index in [4.69, 9.17) is 0 Å². The molecule has 0 N–H and O–H groups in total. The van der Waals surface area contributed by atoms with Crippen LogP contribution in [0, 0.1) is 0 Å². The molecule has 20 heavy (non-hydrogen) atoms. The lowest BCUT2D eigenvalue weighted by Crippen LogP contribution is -2.41. The van der Waals surface area contributed by atoms with Crippen molar-refractivity contribution in [3.05, 3.63) is 36.5 Å². The maximum atomic E-state index is 3.70. The quantitative estimate of drug-likeness (QED) is 0.555. The molecule has 0 fully saturated rings. The smallest absolute Gasteiger partial charge is 0.0115 e. The van der Waals surface area contributed by atoms with Crippen LogP contribution in [0.5, 0.6) is 0 Å². The molecule has 0 spiro atoms. The lowest BCUT2D eigenvalue weighted by atomic mass is 10.2. The highest BCUT2D eigenvalue weighted by Gasteiger charge is 2.13. The van der Waals surface area contributed by atoms with E-state index in [0.29, 0.717) is 12.1 Å². The Hall–Kier alpha value is -0.860. The van der Waals surface area contributed by atoms with E-state index in [0.717, 1.165) is 26.1 Å². The number of allylic oxidation sites excluding steroid dienone is 4. The summed E-state index contributed by atoms with van der Waals surface area (Å²) in [7, 11) is 2.21. The second-order valence-electron chi connectivity index (χ2n) is 6.07. The Labute approximate surface area is 126 Å². The standard InChI is InChI=1S/C18H34N2/c1-8-11-18(6)12-9-10-13-19(7)14-15-20(16(2)3)17(4)5/h8-9,11-12,16-17H,1,10,13-15H2,2-7H3/b12-9-,18-11-. The van der Waals surface area contributed by atoms with Gasteiger partial charge in [0, 0.05) is 31.7 Å². The average Bonchev–Trinajstić information content (AvgIpc) is 2.34. The Kier molecular flexibility index (Phi) is 10.4. The van der Waals surface area contributed by atoms with Gasteiger partial charge in [-0.15, -0.1) is 0 Å². The second kappa shape index (κ2) is 10.9. The van der Waals surface area contributed by atoms with Crippen molar-refractivity contribution in [3.8, 4) is 0 Å². The Bertz CT molecular complexity index is 305. The van der Waals surface area contributed by atoms with Gasteiger partial charge in [-0.3, -0.25) is 4.90 Å². The van der Waals surface area contributed by atoms with Crippen LogP contribution >= 0.6 is 0 Å². The largest absolute Gasteiger partial charge is 0.305 e. The minimum Gasteiger partial charge on any atom is -0.305 e. The first-order valence-electron chi connectivity index (χ1n) is 7.78. The van der Waals surface area contributed by atoms with Gasteiger partial charge in [-0.05, 0) is 48.1 Å². The Balaban J connectivity index is 3.97. The molecular weight excluding hydrogens is 244 g/mol. The molecule has 0 aromatic heterocycles. The van der Waals surface area contributed by atoms with E-state index in [9.17, 15) is 0 Å². The number of hydrogen-bond acceptors (Lipinski definition) is 2. The van der Waals surface area contributed by atoms with Crippen LogP contribution in [-0.4, -0.2) is 48.6 Å². The van der Waals surface area contributed by atoms with Crippen LogP contribution in [0.2, 0.25) is 0 Å². The van der Waals surface area contributed by atoms with E-state index >= 15 is 0 Å². The van der Waals surface area contributed by atoms with Crippen molar-refractivity contribution in [1.29, 1.82) is 0 Å². The first-order chi connectivity index (χ1) is 9.38. The monoisotopic (exact) mass is 278 g/mol. The third-order valence-corrected chi connectivity index (χ3v) is 3.51. The zero-order chi connectivity index (χ0) is 15.5. The fourth-order valence-corrected chi connectivity index (χ4v) is 2.32. The molecule has 2 heteroatoms. The summed E-state index contributed by atoms with van der Waals surface area (Å²) >= 11 is 0. The molecule has 0 unspecified atom stereocenters. The summed E-state index contributed by atoms with van der Waals surface area (Å²) in [4.78, 5) is 4.96. The normalized spacial score (nSPS) is 13.4. The van der Waals surface area contributed by atoms with Crippen molar-refractivity contribution in [2.24, 2.45) is 0 Å². The molecule has 116 valence electrons. The van der Waals surface area contributed by atoms with Gasteiger partial charge in [0.15, 0.2) is 0 Å². The fraction of sp³-hybridized carbons (Fsp3) is 0.667. The highest BCUT2D eigenvalue weighted by Crippen LogP contribution is 2.05. The van der Waals surface area contributed by atoms with Gasteiger partial charge in [0.05, 0.1) is 0 Å². The Morgan fingerprint density at radius 1 is 1.05 bits per heavy atom. The number of rotatable bonds is 10. The van der Waals surface area contributed by atoms with Crippen molar-refractivity contribution in [2.75, 3.05) is 26.7 Å². The summed E-state index contributed by atoms with van der Waals surface area (Å²) in [5.74, 6) is 0. The molecule has 0 radical (unpaired) electrons. The summed E-state index contributed by atoms with van der Waals surface area (Å²) in [6.07, 6.45) is 9.38. The maximum absolute atomic E-state index is 3.70. The van der Waals surface area contributed by atoms with Crippen molar-refractivity contribution in [1.82, 2.24) is 9.80 Å². The summed E-state index contributed by atoms with van der Waals surface area (Å²) in [6.45, 7) is 18.3. The van der Waals surface area contributed by atoms with E-state index < -0.39 is 0 Å². The molecule has 0 aromatic rings. The zero-order valence-corrected chi connectivity index (χ0v) is 14.4. The Morgan fingerprint density at radius 3 is 2.15 bits per heavy atom. The molecule has 0 aliphatic rings. The van der Waals surface area contributed by atoms with Crippen LogP contribution in [0.15, 0.2) is 36.5 Å². The summed E-state index contributed by atoms with van der Waals surface area (Å²) in [5.41, 5.74) is 1.26. The van der Waals surface area contributed by atoms with Crippen molar-refractivity contribution in [3.63, 3.8) is 0 Å². The molecule has 0 saturated heterocycles. The lowest BCUT2D eigenvalue weighted by Gasteiger charge is -2.32. The highest BCUT2D eigenvalue weighted by molar-refractivity contribution is 5.20. The van der Waals surface area contributed by atoms with Crippen molar-refractivity contribution in [2.45, 2.75) is 53.1 Å². The zero-order valence-electron chi connectivity index (χ0n) is 14.4. The number of hydrogen-bond donors (Lipinski definition) is 0. The molecule has 0 heterocycles. The van der Waals surface area contributed by atoms with Gasteiger partial charge in [-0.2, -0.15) is 0 Å². The second-order valence-corrected chi connectivity index (χ2v) is 6.07. The molecule has 0 atom stereocenters. The first kappa shape index (κ1) is 19.1. The lowest BCUT2D eigenvalue weighted by molar-refractivity contribution is 0.153. The van der Waals surface area contributed by atoms with Crippen LogP contribution in [0.4, 0.5) is 0 Å². The van der Waals surface area contributed by atoms with E-state index in [1.54, 1.807) is 0 Å². The number of likely N-dealkylation sites (N-methyl/N-ethyl adjacent to an activating group) is 1. The van der Waals surface area contributed by atoms with Crippen LogP contribution < -0.4 is 0 Å². The van der Waals surface area contributed by atoms with Crippen LogP contribution in [0.3, 0.4) is 0 Å². The third-order valence-electron chi connectivity index (χ3n) is 3.51. The van der Waals surface area contributed by atoms with Gasteiger partial charge >= 0.3 is 0 Å². The van der Waals surface area contributed by atoms with Crippen LogP contribution in [0.1, 0.15) is 41.0 Å². The van der Waals surface area contributed by atoms with Gasteiger partial charge in [-0.25, -0.2) is 0 Å².